The Morgan fingerprint density at radius 1 is 1.11 bits per heavy atom. The molecular formula is C19H21N5OS2. The molecule has 0 atom stereocenters. The number of nitrogens with zero attached hydrogens (tertiary/aromatic N) is 3. The normalized spacial score (nSPS) is 10.8. The van der Waals surface area contributed by atoms with Gasteiger partial charge in [0.1, 0.15) is 0 Å². The Morgan fingerprint density at radius 2 is 1.78 bits per heavy atom. The average Bonchev–Trinajstić information content (AvgIpc) is 3.08. The lowest BCUT2D eigenvalue weighted by Crippen LogP contribution is -2.25. The second-order valence-electron chi connectivity index (χ2n) is 6.09. The molecule has 140 valence electrons. The SMILES string of the molecule is CC(C)N(c1ccccc1)c1ccc(NC(=O)CSc2nnc(N)s2)cc1. The van der Waals surface area contributed by atoms with Crippen LogP contribution in [-0.2, 0) is 4.79 Å². The maximum Gasteiger partial charge on any atom is 0.234 e. The van der Waals surface area contributed by atoms with Crippen molar-refractivity contribution >= 4 is 51.2 Å². The number of nitrogens with one attached hydrogen (secondary N) is 1. The van der Waals surface area contributed by atoms with Gasteiger partial charge in [0.15, 0.2) is 4.34 Å². The molecular weight excluding hydrogens is 378 g/mol. The maximum atomic E-state index is 12.1. The molecule has 3 rings (SSSR count). The van der Waals surface area contributed by atoms with Crippen LogP contribution in [0.5, 0.6) is 0 Å². The van der Waals surface area contributed by atoms with E-state index in [1.165, 1.54) is 23.1 Å². The second kappa shape index (κ2) is 8.88. The van der Waals surface area contributed by atoms with Gasteiger partial charge in [0.05, 0.1) is 5.75 Å². The Labute approximate surface area is 166 Å². The molecule has 0 saturated heterocycles. The molecule has 0 bridgehead atoms. The quantitative estimate of drug-likeness (QED) is 0.573. The van der Waals surface area contributed by atoms with Gasteiger partial charge in [0.25, 0.3) is 0 Å². The molecule has 2 aromatic carbocycles. The van der Waals surface area contributed by atoms with Crippen molar-refractivity contribution < 1.29 is 4.79 Å². The van der Waals surface area contributed by atoms with Gasteiger partial charge >= 0.3 is 0 Å². The highest BCUT2D eigenvalue weighted by Crippen LogP contribution is 2.29. The molecule has 8 heteroatoms. The van der Waals surface area contributed by atoms with E-state index < -0.39 is 0 Å². The van der Waals surface area contributed by atoms with Crippen LogP contribution in [0.15, 0.2) is 58.9 Å². The number of aromatic nitrogens is 2. The van der Waals surface area contributed by atoms with Gasteiger partial charge in [-0.1, -0.05) is 41.3 Å². The summed E-state index contributed by atoms with van der Waals surface area (Å²) in [5.41, 5.74) is 8.51. The van der Waals surface area contributed by atoms with Crippen LogP contribution in [0.25, 0.3) is 0 Å². The van der Waals surface area contributed by atoms with Gasteiger partial charge < -0.3 is 16.0 Å². The van der Waals surface area contributed by atoms with Crippen LogP contribution in [0.3, 0.4) is 0 Å². The highest BCUT2D eigenvalue weighted by atomic mass is 32.2. The number of carbonyl (C=O) groups excluding carboxylic acids is 1. The maximum absolute atomic E-state index is 12.1. The first kappa shape index (κ1) is 19.2. The molecule has 6 nitrogen and oxygen atoms in total. The van der Waals surface area contributed by atoms with Crippen molar-refractivity contribution in [3.63, 3.8) is 0 Å². The van der Waals surface area contributed by atoms with Gasteiger partial charge in [0, 0.05) is 23.1 Å². The smallest absolute Gasteiger partial charge is 0.234 e. The number of para-hydroxylation sites is 1. The molecule has 0 unspecified atom stereocenters. The van der Waals surface area contributed by atoms with Crippen LogP contribution in [0, 0.1) is 0 Å². The summed E-state index contributed by atoms with van der Waals surface area (Å²) < 4.78 is 0.688. The molecule has 0 fully saturated rings. The van der Waals surface area contributed by atoms with E-state index in [0.717, 1.165) is 17.1 Å². The van der Waals surface area contributed by atoms with Crippen molar-refractivity contribution in [1.82, 2.24) is 10.2 Å². The molecule has 3 aromatic rings. The van der Waals surface area contributed by atoms with Crippen LogP contribution in [0.1, 0.15) is 13.8 Å². The number of hydrogen-bond acceptors (Lipinski definition) is 7. The Hall–Kier alpha value is -2.58. The summed E-state index contributed by atoms with van der Waals surface area (Å²) in [5.74, 6) is 0.170. The lowest BCUT2D eigenvalue weighted by atomic mass is 10.2. The minimum absolute atomic E-state index is 0.0923. The third-order valence-electron chi connectivity index (χ3n) is 3.73. The zero-order valence-electron chi connectivity index (χ0n) is 15.1. The van der Waals surface area contributed by atoms with E-state index in [0.29, 0.717) is 15.5 Å². The van der Waals surface area contributed by atoms with Crippen molar-refractivity contribution in [3.05, 3.63) is 54.6 Å². The highest BCUT2D eigenvalue weighted by Gasteiger charge is 2.13. The van der Waals surface area contributed by atoms with E-state index in [1.807, 2.05) is 42.5 Å². The van der Waals surface area contributed by atoms with Crippen LogP contribution < -0.4 is 16.0 Å². The number of rotatable bonds is 7. The van der Waals surface area contributed by atoms with Gasteiger partial charge in [0.2, 0.25) is 11.0 Å². The summed E-state index contributed by atoms with van der Waals surface area (Å²) >= 11 is 2.60. The van der Waals surface area contributed by atoms with Gasteiger partial charge in [-0.05, 0) is 50.2 Å². The monoisotopic (exact) mass is 399 g/mol. The number of anilines is 4. The molecule has 0 spiro atoms. The lowest BCUT2D eigenvalue weighted by molar-refractivity contribution is -0.113. The van der Waals surface area contributed by atoms with Crippen LogP contribution in [0.4, 0.5) is 22.2 Å². The molecule has 0 saturated carbocycles. The molecule has 3 N–H and O–H groups in total. The first-order valence-corrected chi connectivity index (χ1v) is 10.3. The van der Waals surface area contributed by atoms with Crippen molar-refractivity contribution in [1.29, 1.82) is 0 Å². The van der Waals surface area contributed by atoms with E-state index in [2.05, 4.69) is 46.4 Å². The fraction of sp³-hybridized carbons (Fsp3) is 0.211. The second-order valence-corrected chi connectivity index (χ2v) is 8.32. The molecule has 0 aliphatic heterocycles. The third-order valence-corrected chi connectivity index (χ3v) is 5.61. The summed E-state index contributed by atoms with van der Waals surface area (Å²) in [6, 6.07) is 18.4. The van der Waals surface area contributed by atoms with Crippen LogP contribution >= 0.6 is 23.1 Å². The summed E-state index contributed by atoms with van der Waals surface area (Å²) in [5, 5.41) is 10.9. The summed E-state index contributed by atoms with van der Waals surface area (Å²) in [6.07, 6.45) is 0. The molecule has 1 heterocycles. The van der Waals surface area contributed by atoms with Crippen molar-refractivity contribution in [2.75, 3.05) is 21.7 Å². The van der Waals surface area contributed by atoms with E-state index in [1.54, 1.807) is 0 Å². The van der Waals surface area contributed by atoms with E-state index in [-0.39, 0.29) is 11.7 Å². The van der Waals surface area contributed by atoms with Crippen LogP contribution in [0.2, 0.25) is 0 Å². The van der Waals surface area contributed by atoms with E-state index in [4.69, 9.17) is 5.73 Å². The Morgan fingerprint density at radius 3 is 2.37 bits per heavy atom. The van der Waals surface area contributed by atoms with Crippen molar-refractivity contribution in [2.24, 2.45) is 0 Å². The average molecular weight is 400 g/mol. The molecule has 1 amide bonds. The van der Waals surface area contributed by atoms with E-state index >= 15 is 0 Å². The number of nitrogen functional groups attached to an aromatic ring is 1. The topological polar surface area (TPSA) is 84.1 Å². The number of nitrogens with two attached hydrogens (primary N) is 1. The largest absolute Gasteiger partial charge is 0.374 e. The van der Waals surface area contributed by atoms with Crippen molar-refractivity contribution in [3.8, 4) is 0 Å². The van der Waals surface area contributed by atoms with Gasteiger partial charge in [-0.25, -0.2) is 0 Å². The summed E-state index contributed by atoms with van der Waals surface area (Å²) in [4.78, 5) is 14.4. The zero-order chi connectivity index (χ0) is 19.2. The molecule has 1 aromatic heterocycles. The fourth-order valence-electron chi connectivity index (χ4n) is 2.64. The van der Waals surface area contributed by atoms with Crippen molar-refractivity contribution in [2.45, 2.75) is 24.2 Å². The zero-order valence-corrected chi connectivity index (χ0v) is 16.8. The first-order valence-electron chi connectivity index (χ1n) is 8.49. The highest BCUT2D eigenvalue weighted by molar-refractivity contribution is 8.01. The minimum Gasteiger partial charge on any atom is -0.374 e. The minimum atomic E-state index is -0.0923. The number of benzene rings is 2. The standard InChI is InChI=1S/C19H21N5OS2/c1-13(2)24(15-6-4-3-5-7-15)16-10-8-14(9-11-16)21-17(25)12-26-19-23-22-18(20)27-19/h3-11,13H,12H2,1-2H3,(H2,20,22)(H,21,25). The number of amides is 1. The Balaban J connectivity index is 1.63. The molecule has 0 aliphatic carbocycles. The van der Waals surface area contributed by atoms with Gasteiger partial charge in [-0.2, -0.15) is 0 Å². The number of carbonyl (C=O) groups is 1. The van der Waals surface area contributed by atoms with Gasteiger partial charge in [-0.15, -0.1) is 10.2 Å². The third kappa shape index (κ3) is 5.21. The van der Waals surface area contributed by atoms with E-state index in [9.17, 15) is 4.79 Å². The Bertz CT molecular complexity index is 881. The number of thioether (sulfide) groups is 1. The lowest BCUT2D eigenvalue weighted by Gasteiger charge is -2.29. The predicted molar refractivity (Wildman–Crippen MR) is 114 cm³/mol. The summed E-state index contributed by atoms with van der Waals surface area (Å²) in [6.45, 7) is 4.31. The summed E-state index contributed by atoms with van der Waals surface area (Å²) in [7, 11) is 0. The fourth-order valence-corrected chi connectivity index (χ4v) is 4.08. The first-order chi connectivity index (χ1) is 13.0. The Kier molecular flexibility index (Phi) is 6.31. The van der Waals surface area contributed by atoms with Crippen LogP contribution in [-0.4, -0.2) is 27.9 Å². The molecule has 0 aliphatic rings. The molecule has 27 heavy (non-hydrogen) atoms. The predicted octanol–water partition coefficient (Wildman–Crippen LogP) is 4.40. The molecule has 0 radical (unpaired) electrons. The van der Waals surface area contributed by atoms with Gasteiger partial charge in [-0.3, -0.25) is 4.79 Å². The number of hydrogen-bond donors (Lipinski definition) is 2.